The first-order chi connectivity index (χ1) is 12.6. The number of halogens is 1. The van der Waals surface area contributed by atoms with E-state index < -0.39 is 0 Å². The number of benzene rings is 1. The molecule has 7 nitrogen and oxygen atoms in total. The summed E-state index contributed by atoms with van der Waals surface area (Å²) in [5.41, 5.74) is 0.663. The highest BCUT2D eigenvalue weighted by Gasteiger charge is 2.29. The van der Waals surface area contributed by atoms with Crippen molar-refractivity contribution in [2.24, 2.45) is 5.92 Å². The Balaban J connectivity index is 2.02. The molecule has 1 fully saturated rings. The van der Waals surface area contributed by atoms with Gasteiger partial charge in [0.2, 0.25) is 5.28 Å². The van der Waals surface area contributed by atoms with Crippen molar-refractivity contribution >= 4 is 34.3 Å². The van der Waals surface area contributed by atoms with Crippen LogP contribution >= 0.6 is 11.6 Å². The number of ether oxygens (including phenoxy) is 3. The first-order valence-corrected chi connectivity index (χ1v) is 8.96. The second kappa shape index (κ2) is 7.95. The van der Waals surface area contributed by atoms with E-state index >= 15 is 0 Å². The van der Waals surface area contributed by atoms with Gasteiger partial charge in [-0.1, -0.05) is 0 Å². The van der Waals surface area contributed by atoms with Crippen LogP contribution in [0.3, 0.4) is 0 Å². The minimum absolute atomic E-state index is 0.151. The maximum absolute atomic E-state index is 12.1. The number of anilines is 1. The van der Waals surface area contributed by atoms with Crippen LogP contribution in [0, 0.1) is 5.92 Å². The van der Waals surface area contributed by atoms with Gasteiger partial charge < -0.3 is 19.1 Å². The third-order valence-electron chi connectivity index (χ3n) is 4.49. The molecule has 1 aromatic heterocycles. The maximum atomic E-state index is 12.1. The van der Waals surface area contributed by atoms with E-state index in [1.54, 1.807) is 20.3 Å². The second-order valence-electron chi connectivity index (χ2n) is 6.08. The molecule has 1 atom stereocenters. The van der Waals surface area contributed by atoms with Gasteiger partial charge in [-0.15, -0.1) is 0 Å². The molecule has 26 heavy (non-hydrogen) atoms. The highest BCUT2D eigenvalue weighted by Crippen LogP contribution is 2.36. The van der Waals surface area contributed by atoms with Crippen LogP contribution in [0.1, 0.15) is 19.8 Å². The first-order valence-electron chi connectivity index (χ1n) is 8.58. The third-order valence-corrected chi connectivity index (χ3v) is 4.66. The number of fused-ring (bicyclic) bond motifs is 1. The number of aromatic nitrogens is 2. The van der Waals surface area contributed by atoms with E-state index in [1.165, 1.54) is 0 Å². The molecule has 1 aliphatic heterocycles. The van der Waals surface area contributed by atoms with Gasteiger partial charge in [0.15, 0.2) is 11.5 Å². The van der Waals surface area contributed by atoms with Gasteiger partial charge in [-0.3, -0.25) is 4.79 Å². The van der Waals surface area contributed by atoms with Crippen molar-refractivity contribution in [2.45, 2.75) is 19.8 Å². The highest BCUT2D eigenvalue weighted by atomic mass is 35.5. The largest absolute Gasteiger partial charge is 0.493 e. The molecular formula is C18H22ClN3O4. The van der Waals surface area contributed by atoms with Crippen molar-refractivity contribution in [1.82, 2.24) is 9.97 Å². The van der Waals surface area contributed by atoms with E-state index in [2.05, 4.69) is 14.9 Å². The average molecular weight is 380 g/mol. The van der Waals surface area contributed by atoms with Crippen LogP contribution in [0.25, 0.3) is 10.9 Å². The summed E-state index contributed by atoms with van der Waals surface area (Å²) < 4.78 is 15.9. The summed E-state index contributed by atoms with van der Waals surface area (Å²) in [6, 6.07) is 3.62. The summed E-state index contributed by atoms with van der Waals surface area (Å²) in [5.74, 6) is 1.51. The predicted octanol–water partition coefficient (Wildman–Crippen LogP) is 3.08. The van der Waals surface area contributed by atoms with Gasteiger partial charge in [-0.25, -0.2) is 4.98 Å². The van der Waals surface area contributed by atoms with Crippen molar-refractivity contribution in [3.63, 3.8) is 0 Å². The number of carbonyl (C=O) groups excluding carboxylic acids is 1. The number of methoxy groups -OCH3 is 2. The molecule has 0 saturated carbocycles. The Morgan fingerprint density at radius 1 is 1.27 bits per heavy atom. The number of carbonyl (C=O) groups is 1. The molecule has 140 valence electrons. The number of piperidine rings is 1. The lowest BCUT2D eigenvalue weighted by Gasteiger charge is -2.33. The molecule has 0 bridgehead atoms. The summed E-state index contributed by atoms with van der Waals surface area (Å²) in [4.78, 5) is 22.9. The van der Waals surface area contributed by atoms with Gasteiger partial charge in [0.25, 0.3) is 0 Å². The predicted molar refractivity (Wildman–Crippen MR) is 99.2 cm³/mol. The van der Waals surface area contributed by atoms with Crippen LogP contribution in [0.15, 0.2) is 12.1 Å². The summed E-state index contributed by atoms with van der Waals surface area (Å²) in [6.07, 6.45) is 1.68. The van der Waals surface area contributed by atoms with Crippen LogP contribution in [-0.2, 0) is 9.53 Å². The Hall–Kier alpha value is -2.28. The minimum Gasteiger partial charge on any atom is -0.493 e. The van der Waals surface area contributed by atoms with Crippen molar-refractivity contribution in [2.75, 3.05) is 38.8 Å². The van der Waals surface area contributed by atoms with Crippen LogP contribution in [-0.4, -0.2) is 49.9 Å². The number of rotatable bonds is 5. The Bertz CT molecular complexity index is 815. The fourth-order valence-electron chi connectivity index (χ4n) is 3.27. The van der Waals surface area contributed by atoms with Gasteiger partial charge in [0.1, 0.15) is 5.82 Å². The topological polar surface area (TPSA) is 73.8 Å². The Kier molecular flexibility index (Phi) is 5.66. The number of nitrogens with zero attached hydrogens (tertiary/aromatic N) is 3. The van der Waals surface area contributed by atoms with E-state index in [-0.39, 0.29) is 17.2 Å². The SMILES string of the molecule is CCOC(=O)C1CCCN(c2nc(Cl)nc3cc(OC)c(OC)cc23)C1. The molecule has 8 heteroatoms. The van der Waals surface area contributed by atoms with E-state index in [1.807, 2.05) is 13.0 Å². The van der Waals surface area contributed by atoms with Crippen LogP contribution in [0.2, 0.25) is 5.28 Å². The molecule has 0 aliphatic carbocycles. The molecule has 0 spiro atoms. The molecule has 1 aliphatic rings. The van der Waals surface area contributed by atoms with Gasteiger partial charge in [0.05, 0.1) is 32.3 Å². The van der Waals surface area contributed by atoms with Crippen molar-refractivity contribution in [3.05, 3.63) is 17.4 Å². The lowest BCUT2D eigenvalue weighted by molar-refractivity contribution is -0.148. The van der Waals surface area contributed by atoms with E-state index in [9.17, 15) is 4.79 Å². The van der Waals surface area contributed by atoms with Gasteiger partial charge >= 0.3 is 5.97 Å². The summed E-state index contributed by atoms with van der Waals surface area (Å²) in [5, 5.41) is 0.953. The summed E-state index contributed by atoms with van der Waals surface area (Å²) in [7, 11) is 3.15. The lowest BCUT2D eigenvalue weighted by Crippen LogP contribution is -2.40. The standard InChI is InChI=1S/C18H22ClN3O4/c1-4-26-17(23)11-6-5-7-22(10-11)16-12-8-14(24-2)15(25-3)9-13(12)20-18(19)21-16/h8-9,11H,4-7,10H2,1-3H3. The Morgan fingerprint density at radius 3 is 2.69 bits per heavy atom. The Labute approximate surface area is 157 Å². The van der Waals surface area contributed by atoms with Gasteiger partial charge in [-0.2, -0.15) is 4.98 Å². The fraction of sp³-hybridized carbons (Fsp3) is 0.500. The fourth-order valence-corrected chi connectivity index (χ4v) is 3.45. The normalized spacial score (nSPS) is 17.2. The van der Waals surface area contributed by atoms with Crippen LogP contribution in [0.4, 0.5) is 5.82 Å². The molecule has 1 saturated heterocycles. The van der Waals surface area contributed by atoms with Crippen LogP contribution < -0.4 is 14.4 Å². The molecule has 2 aromatic rings. The van der Waals surface area contributed by atoms with Gasteiger partial charge in [-0.05, 0) is 37.4 Å². The molecule has 3 rings (SSSR count). The summed E-state index contributed by atoms with van der Waals surface area (Å²) in [6.45, 7) is 3.52. The summed E-state index contributed by atoms with van der Waals surface area (Å²) >= 11 is 6.15. The molecule has 2 heterocycles. The highest BCUT2D eigenvalue weighted by molar-refractivity contribution is 6.28. The quantitative estimate of drug-likeness (QED) is 0.583. The third kappa shape index (κ3) is 3.62. The lowest BCUT2D eigenvalue weighted by atomic mass is 9.98. The molecule has 0 amide bonds. The zero-order chi connectivity index (χ0) is 18.7. The number of hydrogen-bond donors (Lipinski definition) is 0. The zero-order valence-electron chi connectivity index (χ0n) is 15.1. The van der Waals surface area contributed by atoms with Crippen molar-refractivity contribution < 1.29 is 19.0 Å². The van der Waals surface area contributed by atoms with E-state index in [4.69, 9.17) is 25.8 Å². The molecule has 1 aromatic carbocycles. The van der Waals surface area contributed by atoms with Crippen molar-refractivity contribution in [1.29, 1.82) is 0 Å². The average Bonchev–Trinajstić information content (AvgIpc) is 2.66. The van der Waals surface area contributed by atoms with Gasteiger partial charge in [0, 0.05) is 24.5 Å². The monoisotopic (exact) mass is 379 g/mol. The Morgan fingerprint density at radius 2 is 2.00 bits per heavy atom. The molecular weight excluding hydrogens is 358 g/mol. The maximum Gasteiger partial charge on any atom is 0.310 e. The second-order valence-corrected chi connectivity index (χ2v) is 6.42. The molecule has 0 radical (unpaired) electrons. The van der Waals surface area contributed by atoms with Crippen LogP contribution in [0.5, 0.6) is 11.5 Å². The van der Waals surface area contributed by atoms with E-state index in [0.717, 1.165) is 24.8 Å². The number of esters is 1. The molecule has 0 N–H and O–H groups in total. The number of hydrogen-bond acceptors (Lipinski definition) is 7. The zero-order valence-corrected chi connectivity index (χ0v) is 15.9. The first kappa shape index (κ1) is 18.5. The molecule has 1 unspecified atom stereocenters. The van der Waals surface area contributed by atoms with Crippen molar-refractivity contribution in [3.8, 4) is 11.5 Å². The smallest absolute Gasteiger partial charge is 0.310 e. The minimum atomic E-state index is -0.173. The van der Waals surface area contributed by atoms with E-state index in [0.29, 0.717) is 36.0 Å².